The third kappa shape index (κ3) is 1.15. The van der Waals surface area contributed by atoms with Gasteiger partial charge < -0.3 is 11.2 Å². The Morgan fingerprint density at radius 2 is 2.17 bits per heavy atom. The standard InChI is InChI=1S/C6H13N5O/c1-8-9-4-5(7)10(2)11(3)6(4)12/h5,8H,7H2,1-3H3. The van der Waals surface area contributed by atoms with Crippen LogP contribution in [0, 0.1) is 0 Å². The third-order valence-electron chi connectivity index (χ3n) is 1.90. The van der Waals surface area contributed by atoms with E-state index in [2.05, 4.69) is 10.5 Å². The fraction of sp³-hybridized carbons (Fsp3) is 0.667. The Morgan fingerprint density at radius 1 is 1.58 bits per heavy atom. The molecule has 0 aromatic heterocycles. The van der Waals surface area contributed by atoms with Gasteiger partial charge >= 0.3 is 0 Å². The Hall–Kier alpha value is -1.14. The summed E-state index contributed by atoms with van der Waals surface area (Å²) in [6, 6.07) is 0. The van der Waals surface area contributed by atoms with Gasteiger partial charge in [0, 0.05) is 21.1 Å². The summed E-state index contributed by atoms with van der Waals surface area (Å²) in [6.45, 7) is 0. The lowest BCUT2D eigenvalue weighted by Crippen LogP contribution is -2.42. The molecule has 1 amide bonds. The van der Waals surface area contributed by atoms with Crippen LogP contribution in [-0.4, -0.2) is 48.9 Å². The molecule has 1 heterocycles. The topological polar surface area (TPSA) is 74.0 Å². The Kier molecular flexibility index (Phi) is 2.30. The van der Waals surface area contributed by atoms with Crippen molar-refractivity contribution in [2.45, 2.75) is 6.17 Å². The van der Waals surface area contributed by atoms with Gasteiger partial charge in [0.2, 0.25) is 0 Å². The van der Waals surface area contributed by atoms with E-state index in [1.54, 1.807) is 26.2 Å². The Labute approximate surface area is 71.0 Å². The van der Waals surface area contributed by atoms with Crippen LogP contribution < -0.4 is 11.2 Å². The van der Waals surface area contributed by atoms with Crippen LogP contribution in [0.5, 0.6) is 0 Å². The van der Waals surface area contributed by atoms with Crippen molar-refractivity contribution < 1.29 is 4.79 Å². The van der Waals surface area contributed by atoms with Crippen LogP contribution in [0.15, 0.2) is 5.10 Å². The summed E-state index contributed by atoms with van der Waals surface area (Å²) in [5, 5.41) is 6.85. The number of nitrogens with zero attached hydrogens (tertiary/aromatic N) is 3. The fourth-order valence-corrected chi connectivity index (χ4v) is 1.03. The van der Waals surface area contributed by atoms with Gasteiger partial charge in [0.1, 0.15) is 6.17 Å². The van der Waals surface area contributed by atoms with Crippen molar-refractivity contribution in [2.75, 3.05) is 21.1 Å². The number of amides is 1. The van der Waals surface area contributed by atoms with Crippen molar-refractivity contribution in [3.05, 3.63) is 0 Å². The van der Waals surface area contributed by atoms with Crippen molar-refractivity contribution in [1.29, 1.82) is 0 Å². The van der Waals surface area contributed by atoms with Crippen LogP contribution in [0.25, 0.3) is 0 Å². The third-order valence-corrected chi connectivity index (χ3v) is 1.90. The van der Waals surface area contributed by atoms with Gasteiger partial charge in [-0.1, -0.05) is 0 Å². The molecule has 1 unspecified atom stereocenters. The second kappa shape index (κ2) is 3.08. The lowest BCUT2D eigenvalue weighted by molar-refractivity contribution is -0.131. The van der Waals surface area contributed by atoms with Crippen molar-refractivity contribution >= 4 is 11.6 Å². The number of hydrazone groups is 1. The zero-order valence-corrected chi connectivity index (χ0v) is 7.40. The van der Waals surface area contributed by atoms with Gasteiger partial charge in [0.15, 0.2) is 5.71 Å². The summed E-state index contributed by atoms with van der Waals surface area (Å²) < 4.78 is 0. The number of nitrogens with one attached hydrogen (secondary N) is 1. The molecule has 0 radical (unpaired) electrons. The first-order chi connectivity index (χ1) is 5.59. The SMILES string of the molecule is CNN=C1C(=O)N(C)N(C)C1N. The van der Waals surface area contributed by atoms with Gasteiger partial charge in [-0.3, -0.25) is 9.80 Å². The van der Waals surface area contributed by atoms with Crippen molar-refractivity contribution in [1.82, 2.24) is 15.4 Å². The first kappa shape index (κ1) is 8.95. The van der Waals surface area contributed by atoms with Crippen molar-refractivity contribution in [3.8, 4) is 0 Å². The largest absolute Gasteiger partial charge is 0.313 e. The zero-order valence-electron chi connectivity index (χ0n) is 7.40. The van der Waals surface area contributed by atoms with Crippen LogP contribution in [0.4, 0.5) is 0 Å². The maximum atomic E-state index is 11.3. The Balaban J connectivity index is 2.91. The average molecular weight is 171 g/mol. The van der Waals surface area contributed by atoms with Crippen LogP contribution in [0.1, 0.15) is 0 Å². The highest BCUT2D eigenvalue weighted by Crippen LogP contribution is 2.08. The molecule has 1 atom stereocenters. The lowest BCUT2D eigenvalue weighted by Gasteiger charge is -2.20. The molecule has 1 aliphatic heterocycles. The summed E-state index contributed by atoms with van der Waals surface area (Å²) in [5.74, 6) is -0.167. The highest BCUT2D eigenvalue weighted by molar-refractivity contribution is 6.41. The van der Waals surface area contributed by atoms with E-state index in [-0.39, 0.29) is 5.91 Å². The number of nitrogens with two attached hydrogens (primary N) is 1. The second-order valence-electron chi connectivity index (χ2n) is 2.57. The molecule has 12 heavy (non-hydrogen) atoms. The summed E-state index contributed by atoms with van der Waals surface area (Å²) in [7, 11) is 5.02. The van der Waals surface area contributed by atoms with Gasteiger partial charge in [-0.25, -0.2) is 0 Å². The number of carbonyl (C=O) groups is 1. The molecule has 6 heteroatoms. The lowest BCUT2D eigenvalue weighted by atomic mass is 10.3. The Morgan fingerprint density at radius 3 is 2.50 bits per heavy atom. The summed E-state index contributed by atoms with van der Waals surface area (Å²) in [4.78, 5) is 11.3. The maximum absolute atomic E-state index is 11.3. The minimum absolute atomic E-state index is 0.167. The fourth-order valence-electron chi connectivity index (χ4n) is 1.03. The molecule has 0 saturated carbocycles. The van der Waals surface area contributed by atoms with Gasteiger partial charge in [0.05, 0.1) is 0 Å². The second-order valence-corrected chi connectivity index (χ2v) is 2.57. The van der Waals surface area contributed by atoms with Gasteiger partial charge in [-0.15, -0.1) is 0 Å². The van der Waals surface area contributed by atoms with E-state index in [0.717, 1.165) is 0 Å². The van der Waals surface area contributed by atoms with Crippen LogP contribution in [0.2, 0.25) is 0 Å². The van der Waals surface area contributed by atoms with Gasteiger partial charge in [0.25, 0.3) is 5.91 Å². The van der Waals surface area contributed by atoms with Gasteiger partial charge in [-0.05, 0) is 0 Å². The molecule has 1 rings (SSSR count). The van der Waals surface area contributed by atoms with Gasteiger partial charge in [-0.2, -0.15) is 10.1 Å². The monoisotopic (exact) mass is 171 g/mol. The summed E-state index contributed by atoms with van der Waals surface area (Å²) in [5.41, 5.74) is 8.56. The number of rotatable bonds is 1. The minimum atomic E-state index is -0.449. The predicted molar refractivity (Wildman–Crippen MR) is 45.0 cm³/mol. The smallest absolute Gasteiger partial charge is 0.287 e. The van der Waals surface area contributed by atoms with E-state index in [1.165, 1.54) is 5.01 Å². The number of hydrogen-bond donors (Lipinski definition) is 2. The van der Waals surface area contributed by atoms with E-state index < -0.39 is 6.17 Å². The van der Waals surface area contributed by atoms with E-state index >= 15 is 0 Å². The number of hydrogen-bond acceptors (Lipinski definition) is 5. The molecule has 0 aromatic carbocycles. The summed E-state index contributed by atoms with van der Waals surface area (Å²) >= 11 is 0. The molecule has 68 valence electrons. The molecule has 1 fully saturated rings. The quantitative estimate of drug-likeness (QED) is 0.455. The molecule has 3 N–H and O–H groups in total. The van der Waals surface area contributed by atoms with Crippen LogP contribution in [0.3, 0.4) is 0 Å². The van der Waals surface area contributed by atoms with Crippen LogP contribution >= 0.6 is 0 Å². The first-order valence-electron chi connectivity index (χ1n) is 3.60. The molecule has 0 aromatic rings. The van der Waals surface area contributed by atoms with E-state index in [4.69, 9.17) is 5.73 Å². The zero-order chi connectivity index (χ0) is 9.30. The highest BCUT2D eigenvalue weighted by atomic mass is 16.2. The number of carbonyl (C=O) groups excluding carboxylic acids is 1. The molecule has 6 nitrogen and oxygen atoms in total. The molecule has 0 bridgehead atoms. The molecule has 1 aliphatic rings. The van der Waals surface area contributed by atoms with Crippen molar-refractivity contribution in [3.63, 3.8) is 0 Å². The molecule has 0 spiro atoms. The van der Waals surface area contributed by atoms with Crippen molar-refractivity contribution in [2.24, 2.45) is 10.8 Å². The average Bonchev–Trinajstić information content (AvgIpc) is 2.23. The molecular formula is C6H13N5O. The minimum Gasteiger partial charge on any atom is -0.313 e. The number of hydrazine groups is 1. The first-order valence-corrected chi connectivity index (χ1v) is 3.60. The van der Waals surface area contributed by atoms with E-state index in [1.807, 2.05) is 0 Å². The molecule has 0 aliphatic carbocycles. The molecule has 1 saturated heterocycles. The van der Waals surface area contributed by atoms with E-state index in [0.29, 0.717) is 5.71 Å². The highest BCUT2D eigenvalue weighted by Gasteiger charge is 2.37. The van der Waals surface area contributed by atoms with E-state index in [9.17, 15) is 4.79 Å². The predicted octanol–water partition coefficient (Wildman–Crippen LogP) is -1.83. The normalized spacial score (nSPS) is 28.7. The van der Waals surface area contributed by atoms with Crippen LogP contribution in [-0.2, 0) is 4.79 Å². The Bertz CT molecular complexity index is 226. The summed E-state index contributed by atoms with van der Waals surface area (Å²) in [6.07, 6.45) is -0.449. The maximum Gasteiger partial charge on any atom is 0.287 e. The molecular weight excluding hydrogens is 158 g/mol.